The first-order valence-electron chi connectivity index (χ1n) is 9.01. The fraction of sp³-hybridized carbons (Fsp3) is 0.0400. The van der Waals surface area contributed by atoms with Crippen molar-refractivity contribution in [3.05, 3.63) is 113 Å². The summed E-state index contributed by atoms with van der Waals surface area (Å²) in [7, 11) is 6.48. The predicted octanol–water partition coefficient (Wildman–Crippen LogP) is 4.82. The molecule has 0 aliphatic heterocycles. The molecule has 2 radical (unpaired) electrons. The van der Waals surface area contributed by atoms with Gasteiger partial charge < -0.3 is 0 Å². The van der Waals surface area contributed by atoms with Gasteiger partial charge in [0, 0.05) is 0 Å². The van der Waals surface area contributed by atoms with Gasteiger partial charge >= 0.3 is 0 Å². The normalized spacial score (nSPS) is 14.6. The van der Waals surface area contributed by atoms with Crippen LogP contribution in [0, 0.1) is 0 Å². The van der Waals surface area contributed by atoms with Crippen LogP contribution in [0.15, 0.2) is 91.0 Å². The monoisotopic (exact) mass is 326 g/mol. The van der Waals surface area contributed by atoms with Crippen molar-refractivity contribution in [1.29, 1.82) is 0 Å². The smallest absolute Gasteiger partial charge is 0.0886 e. The van der Waals surface area contributed by atoms with Gasteiger partial charge in [-0.05, 0) is 44.5 Å². The summed E-state index contributed by atoms with van der Waals surface area (Å²) in [4.78, 5) is 0. The molecule has 0 unspecified atom stereocenters. The Kier molecular flexibility index (Phi) is 2.59. The summed E-state index contributed by atoms with van der Waals surface area (Å²) in [5.41, 5.74) is 11.0. The van der Waals surface area contributed by atoms with Crippen molar-refractivity contribution in [3.8, 4) is 22.3 Å². The van der Waals surface area contributed by atoms with E-state index in [9.17, 15) is 0 Å². The highest BCUT2D eigenvalue weighted by Crippen LogP contribution is 2.62. The highest BCUT2D eigenvalue weighted by Gasteiger charge is 2.51. The fourth-order valence-corrected chi connectivity index (χ4v) is 5.17. The molecule has 0 amide bonds. The van der Waals surface area contributed by atoms with Crippen LogP contribution in [0.2, 0.25) is 0 Å². The molecule has 0 fully saturated rings. The molecule has 2 aliphatic carbocycles. The average Bonchev–Trinajstić information content (AvgIpc) is 3.16. The van der Waals surface area contributed by atoms with Gasteiger partial charge in [-0.25, -0.2) is 0 Å². The Bertz CT molecular complexity index is 1160. The first-order valence-corrected chi connectivity index (χ1v) is 9.01. The molecule has 0 saturated carbocycles. The summed E-state index contributed by atoms with van der Waals surface area (Å²) in [5, 5.41) is 0. The van der Waals surface area contributed by atoms with Crippen LogP contribution < -0.4 is 5.46 Å². The topological polar surface area (TPSA) is 0 Å². The van der Waals surface area contributed by atoms with Gasteiger partial charge in [-0.1, -0.05) is 96.5 Å². The average molecular weight is 326 g/mol. The molecule has 0 atom stereocenters. The van der Waals surface area contributed by atoms with E-state index in [1.165, 1.54) is 44.5 Å². The number of rotatable bonds is 0. The van der Waals surface area contributed by atoms with Gasteiger partial charge in [-0.3, -0.25) is 0 Å². The molecule has 0 N–H and O–H groups in total. The lowest BCUT2D eigenvalue weighted by atomic mass is 9.70. The summed E-state index contributed by atoms with van der Waals surface area (Å²) in [6.45, 7) is 0. The van der Waals surface area contributed by atoms with E-state index in [4.69, 9.17) is 7.85 Å². The van der Waals surface area contributed by atoms with E-state index in [1.54, 1.807) is 0 Å². The summed E-state index contributed by atoms with van der Waals surface area (Å²) in [6.07, 6.45) is 0. The molecule has 1 heteroatoms. The van der Waals surface area contributed by atoms with Gasteiger partial charge in [0.2, 0.25) is 0 Å². The van der Waals surface area contributed by atoms with E-state index < -0.39 is 0 Å². The highest BCUT2D eigenvalue weighted by molar-refractivity contribution is 6.36. The Morgan fingerprint density at radius 2 is 0.923 bits per heavy atom. The van der Waals surface area contributed by atoms with E-state index in [1.807, 2.05) is 6.07 Å². The molecular weight excluding hydrogens is 311 g/mol. The van der Waals surface area contributed by atoms with Gasteiger partial charge in [0.05, 0.1) is 5.41 Å². The van der Waals surface area contributed by atoms with E-state index in [0.29, 0.717) is 0 Å². The third-order valence-corrected chi connectivity index (χ3v) is 6.05. The van der Waals surface area contributed by atoms with Crippen molar-refractivity contribution in [2.45, 2.75) is 5.41 Å². The molecule has 1 spiro atoms. The number of hydrogen-bond donors (Lipinski definition) is 0. The second-order valence-electron chi connectivity index (χ2n) is 7.16. The maximum atomic E-state index is 6.48. The van der Waals surface area contributed by atoms with Crippen LogP contribution in [0.4, 0.5) is 0 Å². The van der Waals surface area contributed by atoms with Gasteiger partial charge in [0.25, 0.3) is 0 Å². The lowest BCUT2D eigenvalue weighted by Crippen LogP contribution is -2.26. The van der Waals surface area contributed by atoms with Crippen molar-refractivity contribution >= 4 is 13.3 Å². The number of hydrogen-bond acceptors (Lipinski definition) is 0. The standard InChI is InChI=1S/C25H15B/c26-23-15-7-14-22-24(23)18-10-3-6-13-21(18)25(22)19-11-4-1-8-16(19)17-9-2-5-12-20(17)25/h1-15H. The second kappa shape index (κ2) is 4.77. The fourth-order valence-electron chi connectivity index (χ4n) is 5.17. The number of benzene rings is 4. The van der Waals surface area contributed by atoms with Gasteiger partial charge in [0.15, 0.2) is 0 Å². The maximum absolute atomic E-state index is 6.48. The molecule has 118 valence electrons. The first kappa shape index (κ1) is 14.1. The Morgan fingerprint density at radius 1 is 0.462 bits per heavy atom. The zero-order valence-electron chi connectivity index (χ0n) is 14.2. The van der Waals surface area contributed by atoms with Crippen LogP contribution in [0.25, 0.3) is 22.3 Å². The predicted molar refractivity (Wildman–Crippen MR) is 108 cm³/mol. The molecule has 2 aliphatic rings. The first-order chi connectivity index (χ1) is 12.8. The van der Waals surface area contributed by atoms with Crippen molar-refractivity contribution in [2.75, 3.05) is 0 Å². The molecular formula is C25H15B. The van der Waals surface area contributed by atoms with Crippen LogP contribution >= 0.6 is 0 Å². The lowest BCUT2D eigenvalue weighted by Gasteiger charge is -2.30. The molecule has 0 nitrogen and oxygen atoms in total. The van der Waals surface area contributed by atoms with Crippen LogP contribution in [0.5, 0.6) is 0 Å². The minimum Gasteiger partial charge on any atom is -0.0886 e. The molecule has 0 bridgehead atoms. The van der Waals surface area contributed by atoms with E-state index in [0.717, 1.165) is 5.46 Å². The molecule has 4 aromatic carbocycles. The molecule has 26 heavy (non-hydrogen) atoms. The SMILES string of the molecule is [B]c1cccc2c1-c1ccccc1C21c2ccccc2-c2ccccc21. The van der Waals surface area contributed by atoms with Crippen molar-refractivity contribution in [1.82, 2.24) is 0 Å². The van der Waals surface area contributed by atoms with E-state index in [-0.39, 0.29) is 5.41 Å². The van der Waals surface area contributed by atoms with Crippen LogP contribution in [-0.2, 0) is 5.41 Å². The Balaban J connectivity index is 1.89. The van der Waals surface area contributed by atoms with Gasteiger partial charge in [0.1, 0.15) is 7.85 Å². The van der Waals surface area contributed by atoms with Crippen LogP contribution in [-0.4, -0.2) is 7.85 Å². The zero-order chi connectivity index (χ0) is 17.3. The second-order valence-corrected chi connectivity index (χ2v) is 7.16. The molecule has 6 rings (SSSR count). The Hall–Kier alpha value is -3.06. The van der Waals surface area contributed by atoms with Crippen molar-refractivity contribution < 1.29 is 0 Å². The molecule has 0 heterocycles. The highest BCUT2D eigenvalue weighted by atomic mass is 14.5. The third kappa shape index (κ3) is 1.44. The zero-order valence-corrected chi connectivity index (χ0v) is 14.2. The maximum Gasteiger partial charge on any atom is 0.114 e. The summed E-state index contributed by atoms with van der Waals surface area (Å²) < 4.78 is 0. The van der Waals surface area contributed by atoms with E-state index >= 15 is 0 Å². The quantitative estimate of drug-likeness (QED) is 0.351. The number of fused-ring (bicyclic) bond motifs is 10. The Morgan fingerprint density at radius 3 is 1.54 bits per heavy atom. The van der Waals surface area contributed by atoms with Gasteiger partial charge in [-0.15, -0.1) is 0 Å². The summed E-state index contributed by atoms with van der Waals surface area (Å²) in [6, 6.07) is 32.7. The Labute approximate surface area is 154 Å². The largest absolute Gasteiger partial charge is 0.114 e. The van der Waals surface area contributed by atoms with Gasteiger partial charge in [-0.2, -0.15) is 0 Å². The molecule has 0 aromatic heterocycles. The van der Waals surface area contributed by atoms with Crippen molar-refractivity contribution in [3.63, 3.8) is 0 Å². The van der Waals surface area contributed by atoms with E-state index in [2.05, 4.69) is 84.9 Å². The summed E-state index contributed by atoms with van der Waals surface area (Å²) in [5.74, 6) is 0. The third-order valence-electron chi connectivity index (χ3n) is 6.05. The summed E-state index contributed by atoms with van der Waals surface area (Å²) >= 11 is 0. The minimum absolute atomic E-state index is 0.269. The minimum atomic E-state index is -0.269. The molecule has 0 saturated heterocycles. The van der Waals surface area contributed by atoms with Crippen LogP contribution in [0.1, 0.15) is 22.3 Å². The molecule has 4 aromatic rings. The van der Waals surface area contributed by atoms with Crippen molar-refractivity contribution in [2.24, 2.45) is 0 Å². The lowest BCUT2D eigenvalue weighted by molar-refractivity contribution is 0.794. The van der Waals surface area contributed by atoms with Crippen LogP contribution in [0.3, 0.4) is 0 Å².